The van der Waals surface area contributed by atoms with E-state index in [4.69, 9.17) is 4.74 Å². The van der Waals surface area contributed by atoms with E-state index in [1.165, 1.54) is 17.7 Å². The Balaban J connectivity index is 1.75. The quantitative estimate of drug-likeness (QED) is 0.843. The summed E-state index contributed by atoms with van der Waals surface area (Å²) in [7, 11) is 0. The first-order valence-electron chi connectivity index (χ1n) is 8.58. The van der Waals surface area contributed by atoms with Crippen LogP contribution in [-0.4, -0.2) is 29.5 Å². The molecular formula is C21H24FNO2. The third-order valence-electron chi connectivity index (χ3n) is 4.74. The molecule has 0 saturated carbocycles. The van der Waals surface area contributed by atoms with Crippen LogP contribution < -0.4 is 0 Å². The first-order chi connectivity index (χ1) is 11.8. The van der Waals surface area contributed by atoms with Crippen LogP contribution in [0.15, 0.2) is 48.5 Å². The third kappa shape index (κ3) is 4.07. The Hall–Kier alpha value is -2.20. The van der Waals surface area contributed by atoms with E-state index in [2.05, 4.69) is 24.3 Å². The molecule has 0 spiro atoms. The summed E-state index contributed by atoms with van der Waals surface area (Å²) in [6.45, 7) is 7.09. The fraction of sp³-hybridized carbons (Fsp3) is 0.381. The van der Waals surface area contributed by atoms with Crippen LogP contribution in [0.2, 0.25) is 0 Å². The number of carbonyl (C=O) groups excluding carboxylic acids is 1. The SMILES string of the molecule is Cc1ccc(C2CN(C(=O)Cc3ccc(F)cc3)C(C)(C)CO2)cc1. The highest BCUT2D eigenvalue weighted by Crippen LogP contribution is 2.31. The van der Waals surface area contributed by atoms with Crippen molar-refractivity contribution in [3.63, 3.8) is 0 Å². The first kappa shape index (κ1) is 17.6. The van der Waals surface area contributed by atoms with E-state index in [-0.39, 0.29) is 29.8 Å². The number of rotatable bonds is 3. The lowest BCUT2D eigenvalue weighted by atomic mass is 9.96. The number of amides is 1. The molecule has 1 atom stereocenters. The van der Waals surface area contributed by atoms with Crippen LogP contribution in [-0.2, 0) is 16.0 Å². The van der Waals surface area contributed by atoms with Crippen molar-refractivity contribution in [1.29, 1.82) is 0 Å². The maximum Gasteiger partial charge on any atom is 0.227 e. The maximum absolute atomic E-state index is 13.1. The van der Waals surface area contributed by atoms with Crippen LogP contribution in [0.3, 0.4) is 0 Å². The van der Waals surface area contributed by atoms with Crippen molar-refractivity contribution in [3.8, 4) is 0 Å². The molecule has 0 bridgehead atoms. The van der Waals surface area contributed by atoms with Gasteiger partial charge in [-0.05, 0) is 44.0 Å². The molecule has 1 amide bonds. The molecule has 0 aromatic heterocycles. The zero-order chi connectivity index (χ0) is 18.0. The minimum absolute atomic E-state index is 0.0389. The van der Waals surface area contributed by atoms with Crippen LogP contribution in [0.5, 0.6) is 0 Å². The molecule has 3 rings (SSSR count). The molecular weight excluding hydrogens is 317 g/mol. The molecule has 2 aromatic rings. The second kappa shape index (κ2) is 6.96. The molecule has 1 aliphatic rings. The van der Waals surface area contributed by atoms with Crippen molar-refractivity contribution in [2.75, 3.05) is 13.2 Å². The summed E-state index contributed by atoms with van der Waals surface area (Å²) in [5, 5.41) is 0. The van der Waals surface area contributed by atoms with Gasteiger partial charge in [0.2, 0.25) is 5.91 Å². The van der Waals surface area contributed by atoms with E-state index < -0.39 is 0 Å². The van der Waals surface area contributed by atoms with Gasteiger partial charge in [-0.2, -0.15) is 0 Å². The Bertz CT molecular complexity index is 737. The van der Waals surface area contributed by atoms with Crippen LogP contribution in [0.25, 0.3) is 0 Å². The standard InChI is InChI=1S/C21H24FNO2/c1-15-4-8-17(9-5-15)19-13-23(21(2,3)14-25-19)20(24)12-16-6-10-18(22)11-7-16/h4-11,19H,12-14H2,1-3H3. The van der Waals surface area contributed by atoms with Crippen LogP contribution in [0, 0.1) is 12.7 Å². The van der Waals surface area contributed by atoms with Gasteiger partial charge in [0, 0.05) is 0 Å². The number of carbonyl (C=O) groups is 1. The second-order valence-electron chi connectivity index (χ2n) is 7.33. The average Bonchev–Trinajstić information content (AvgIpc) is 2.57. The van der Waals surface area contributed by atoms with Gasteiger partial charge in [0.25, 0.3) is 0 Å². The molecule has 0 aliphatic carbocycles. The van der Waals surface area contributed by atoms with Crippen molar-refractivity contribution in [2.45, 2.75) is 38.8 Å². The number of benzene rings is 2. The number of morpholine rings is 1. The predicted octanol–water partition coefficient (Wildman–Crippen LogP) is 4.06. The highest BCUT2D eigenvalue weighted by atomic mass is 19.1. The lowest BCUT2D eigenvalue weighted by Gasteiger charge is -2.45. The highest BCUT2D eigenvalue weighted by molar-refractivity contribution is 5.79. The van der Waals surface area contributed by atoms with Crippen LogP contribution in [0.4, 0.5) is 4.39 Å². The Morgan fingerprint density at radius 2 is 1.80 bits per heavy atom. The van der Waals surface area contributed by atoms with Crippen molar-refractivity contribution < 1.29 is 13.9 Å². The average molecular weight is 341 g/mol. The van der Waals surface area contributed by atoms with E-state index in [1.807, 2.05) is 25.7 Å². The van der Waals surface area contributed by atoms with E-state index in [9.17, 15) is 9.18 Å². The molecule has 1 aliphatic heterocycles. The minimum Gasteiger partial charge on any atom is -0.369 e. The Kier molecular flexibility index (Phi) is 4.91. The number of nitrogens with zero attached hydrogens (tertiary/aromatic N) is 1. The maximum atomic E-state index is 13.1. The molecule has 1 saturated heterocycles. The van der Waals surface area contributed by atoms with Crippen LogP contribution >= 0.6 is 0 Å². The summed E-state index contributed by atoms with van der Waals surface area (Å²) in [6.07, 6.45) is 0.149. The first-order valence-corrected chi connectivity index (χ1v) is 8.58. The summed E-state index contributed by atoms with van der Waals surface area (Å²) in [5.41, 5.74) is 2.74. The smallest absolute Gasteiger partial charge is 0.227 e. The summed E-state index contributed by atoms with van der Waals surface area (Å²) >= 11 is 0. The lowest BCUT2D eigenvalue weighted by molar-refractivity contribution is -0.154. The molecule has 1 fully saturated rings. The number of ether oxygens (including phenoxy) is 1. The van der Waals surface area contributed by atoms with Gasteiger partial charge >= 0.3 is 0 Å². The zero-order valence-corrected chi connectivity index (χ0v) is 15.0. The summed E-state index contributed by atoms with van der Waals surface area (Å²) < 4.78 is 19.1. The summed E-state index contributed by atoms with van der Waals surface area (Å²) in [5.74, 6) is -0.251. The Labute approximate surface area is 148 Å². The topological polar surface area (TPSA) is 29.5 Å². The second-order valence-corrected chi connectivity index (χ2v) is 7.33. The number of halogens is 1. The Morgan fingerprint density at radius 3 is 2.44 bits per heavy atom. The summed E-state index contributed by atoms with van der Waals surface area (Å²) in [4.78, 5) is 14.8. The van der Waals surface area contributed by atoms with E-state index >= 15 is 0 Å². The van der Waals surface area contributed by atoms with Gasteiger partial charge in [-0.25, -0.2) is 4.39 Å². The number of aryl methyl sites for hydroxylation is 1. The molecule has 4 heteroatoms. The van der Waals surface area contributed by atoms with Gasteiger partial charge in [-0.1, -0.05) is 42.0 Å². The molecule has 2 aromatic carbocycles. The molecule has 25 heavy (non-hydrogen) atoms. The molecule has 0 N–H and O–H groups in total. The lowest BCUT2D eigenvalue weighted by Crippen LogP contribution is -2.56. The molecule has 3 nitrogen and oxygen atoms in total. The van der Waals surface area contributed by atoms with Crippen molar-refractivity contribution in [1.82, 2.24) is 4.90 Å². The van der Waals surface area contributed by atoms with Gasteiger partial charge in [0.1, 0.15) is 11.9 Å². The fourth-order valence-electron chi connectivity index (χ4n) is 3.14. The molecule has 0 radical (unpaired) electrons. The van der Waals surface area contributed by atoms with Gasteiger partial charge in [0.05, 0.1) is 25.1 Å². The van der Waals surface area contributed by atoms with Gasteiger partial charge in [-0.15, -0.1) is 0 Å². The van der Waals surface area contributed by atoms with Gasteiger partial charge < -0.3 is 9.64 Å². The summed E-state index contributed by atoms with van der Waals surface area (Å²) in [6, 6.07) is 14.3. The zero-order valence-electron chi connectivity index (χ0n) is 15.0. The monoisotopic (exact) mass is 341 g/mol. The molecule has 1 unspecified atom stereocenters. The van der Waals surface area contributed by atoms with E-state index in [0.29, 0.717) is 13.2 Å². The van der Waals surface area contributed by atoms with E-state index in [0.717, 1.165) is 11.1 Å². The molecule has 1 heterocycles. The molecule has 132 valence electrons. The normalized spacial score (nSPS) is 19.7. The third-order valence-corrected chi connectivity index (χ3v) is 4.74. The highest BCUT2D eigenvalue weighted by Gasteiger charge is 2.38. The number of hydrogen-bond acceptors (Lipinski definition) is 2. The van der Waals surface area contributed by atoms with E-state index in [1.54, 1.807) is 12.1 Å². The van der Waals surface area contributed by atoms with Gasteiger partial charge in [0.15, 0.2) is 0 Å². The predicted molar refractivity (Wildman–Crippen MR) is 95.8 cm³/mol. The van der Waals surface area contributed by atoms with Crippen molar-refractivity contribution in [3.05, 3.63) is 71.0 Å². The van der Waals surface area contributed by atoms with Crippen LogP contribution in [0.1, 0.15) is 36.6 Å². The van der Waals surface area contributed by atoms with Crippen molar-refractivity contribution >= 4 is 5.91 Å². The Morgan fingerprint density at radius 1 is 1.16 bits per heavy atom. The fourth-order valence-corrected chi connectivity index (χ4v) is 3.14. The number of hydrogen-bond donors (Lipinski definition) is 0. The minimum atomic E-state index is -0.363. The van der Waals surface area contributed by atoms with Gasteiger partial charge in [-0.3, -0.25) is 4.79 Å². The largest absolute Gasteiger partial charge is 0.369 e. The van der Waals surface area contributed by atoms with Crippen molar-refractivity contribution in [2.24, 2.45) is 0 Å².